The third kappa shape index (κ3) is 4.07. The van der Waals surface area contributed by atoms with E-state index in [-0.39, 0.29) is 0 Å². The molecule has 2 aromatic rings. The summed E-state index contributed by atoms with van der Waals surface area (Å²) in [5, 5.41) is 3.37. The van der Waals surface area contributed by atoms with Gasteiger partial charge >= 0.3 is 0 Å². The zero-order valence-electron chi connectivity index (χ0n) is 12.3. The maximum atomic E-state index is 4.53. The van der Waals surface area contributed by atoms with E-state index in [9.17, 15) is 0 Å². The molecule has 0 aliphatic carbocycles. The molecule has 2 rings (SSSR count). The van der Waals surface area contributed by atoms with Crippen LogP contribution in [0.4, 0.5) is 5.82 Å². The molecule has 0 aliphatic rings. The van der Waals surface area contributed by atoms with Crippen molar-refractivity contribution >= 4 is 5.82 Å². The van der Waals surface area contributed by atoms with Gasteiger partial charge in [0.1, 0.15) is 5.82 Å². The normalized spacial score (nSPS) is 10.5. The average Bonchev–Trinajstić information content (AvgIpc) is 2.52. The molecule has 0 amide bonds. The third-order valence-corrected chi connectivity index (χ3v) is 3.37. The molecular formula is C17H23N3. The van der Waals surface area contributed by atoms with Gasteiger partial charge in [-0.25, -0.2) is 4.98 Å². The van der Waals surface area contributed by atoms with Gasteiger partial charge in [-0.2, -0.15) is 0 Å². The molecule has 1 aromatic heterocycles. The maximum Gasteiger partial charge on any atom is 0.132 e. The largest absolute Gasteiger partial charge is 0.359 e. The first-order valence-electron chi connectivity index (χ1n) is 7.21. The van der Waals surface area contributed by atoms with E-state index in [1.807, 2.05) is 12.3 Å². The van der Waals surface area contributed by atoms with Crippen molar-refractivity contribution in [1.29, 1.82) is 0 Å². The minimum absolute atomic E-state index is 0.870. The van der Waals surface area contributed by atoms with Gasteiger partial charge in [-0.3, -0.25) is 0 Å². The lowest BCUT2D eigenvalue weighted by molar-refractivity contribution is 0.718. The SMILES string of the molecule is CCNCc1cccnc1N(C)CCc1ccccc1. The summed E-state index contributed by atoms with van der Waals surface area (Å²) >= 11 is 0. The monoisotopic (exact) mass is 269 g/mol. The maximum absolute atomic E-state index is 4.53. The highest BCUT2D eigenvalue weighted by molar-refractivity contribution is 5.46. The van der Waals surface area contributed by atoms with Gasteiger partial charge in [0.15, 0.2) is 0 Å². The van der Waals surface area contributed by atoms with Crippen LogP contribution in [0.1, 0.15) is 18.1 Å². The Morgan fingerprint density at radius 1 is 1.10 bits per heavy atom. The van der Waals surface area contributed by atoms with Crippen LogP contribution in [0.3, 0.4) is 0 Å². The van der Waals surface area contributed by atoms with Crippen LogP contribution < -0.4 is 10.2 Å². The topological polar surface area (TPSA) is 28.2 Å². The molecule has 3 nitrogen and oxygen atoms in total. The molecule has 106 valence electrons. The number of rotatable bonds is 7. The number of nitrogens with zero attached hydrogens (tertiary/aromatic N) is 2. The molecule has 1 N–H and O–H groups in total. The molecule has 1 aromatic carbocycles. The lowest BCUT2D eigenvalue weighted by Gasteiger charge is -2.21. The number of hydrogen-bond acceptors (Lipinski definition) is 3. The molecule has 0 bridgehead atoms. The zero-order chi connectivity index (χ0) is 14.2. The van der Waals surface area contributed by atoms with Gasteiger partial charge in [0, 0.05) is 31.9 Å². The highest BCUT2D eigenvalue weighted by atomic mass is 15.2. The number of hydrogen-bond donors (Lipinski definition) is 1. The molecule has 0 atom stereocenters. The van der Waals surface area contributed by atoms with Crippen molar-refractivity contribution in [3.63, 3.8) is 0 Å². The number of likely N-dealkylation sites (N-methyl/N-ethyl adjacent to an activating group) is 1. The lowest BCUT2D eigenvalue weighted by Crippen LogP contribution is -2.24. The summed E-state index contributed by atoms with van der Waals surface area (Å²) in [4.78, 5) is 6.77. The van der Waals surface area contributed by atoms with E-state index in [0.717, 1.165) is 31.9 Å². The van der Waals surface area contributed by atoms with Crippen molar-refractivity contribution in [1.82, 2.24) is 10.3 Å². The van der Waals surface area contributed by atoms with E-state index in [0.29, 0.717) is 0 Å². The second kappa shape index (κ2) is 7.65. The number of benzene rings is 1. The van der Waals surface area contributed by atoms with Crippen molar-refractivity contribution in [2.24, 2.45) is 0 Å². The number of nitrogens with one attached hydrogen (secondary N) is 1. The summed E-state index contributed by atoms with van der Waals surface area (Å²) in [6.07, 6.45) is 2.90. The van der Waals surface area contributed by atoms with Gasteiger partial charge in [-0.1, -0.05) is 43.3 Å². The van der Waals surface area contributed by atoms with E-state index in [4.69, 9.17) is 0 Å². The van der Waals surface area contributed by atoms with Crippen LogP contribution >= 0.6 is 0 Å². The Morgan fingerprint density at radius 2 is 1.90 bits per heavy atom. The van der Waals surface area contributed by atoms with Crippen molar-refractivity contribution in [3.8, 4) is 0 Å². The quantitative estimate of drug-likeness (QED) is 0.837. The van der Waals surface area contributed by atoms with Crippen LogP contribution in [-0.2, 0) is 13.0 Å². The summed E-state index contributed by atoms with van der Waals surface area (Å²) in [6, 6.07) is 14.7. The van der Waals surface area contributed by atoms with Gasteiger partial charge < -0.3 is 10.2 Å². The van der Waals surface area contributed by atoms with Crippen LogP contribution in [0, 0.1) is 0 Å². The Morgan fingerprint density at radius 3 is 2.65 bits per heavy atom. The Bertz CT molecular complexity index is 511. The van der Waals surface area contributed by atoms with E-state index >= 15 is 0 Å². The van der Waals surface area contributed by atoms with Crippen LogP contribution in [0.15, 0.2) is 48.7 Å². The lowest BCUT2D eigenvalue weighted by atomic mass is 10.1. The first-order chi connectivity index (χ1) is 9.81. The first-order valence-corrected chi connectivity index (χ1v) is 7.21. The summed E-state index contributed by atoms with van der Waals surface area (Å²) in [5.41, 5.74) is 2.62. The Labute approximate surface area is 121 Å². The van der Waals surface area contributed by atoms with Crippen LogP contribution in [0.2, 0.25) is 0 Å². The van der Waals surface area contributed by atoms with Gasteiger partial charge in [0.25, 0.3) is 0 Å². The van der Waals surface area contributed by atoms with Crippen molar-refractivity contribution in [3.05, 3.63) is 59.8 Å². The second-order valence-electron chi connectivity index (χ2n) is 4.92. The van der Waals surface area contributed by atoms with Gasteiger partial charge in [-0.05, 0) is 24.6 Å². The predicted molar refractivity (Wildman–Crippen MR) is 85.0 cm³/mol. The Kier molecular flexibility index (Phi) is 5.56. The molecule has 20 heavy (non-hydrogen) atoms. The van der Waals surface area contributed by atoms with Crippen LogP contribution in [0.25, 0.3) is 0 Å². The van der Waals surface area contributed by atoms with Crippen molar-refractivity contribution < 1.29 is 0 Å². The number of pyridine rings is 1. The fraction of sp³-hybridized carbons (Fsp3) is 0.353. The predicted octanol–water partition coefficient (Wildman–Crippen LogP) is 2.87. The van der Waals surface area contributed by atoms with Crippen molar-refractivity contribution in [2.45, 2.75) is 19.9 Å². The summed E-state index contributed by atoms with van der Waals surface area (Å²) < 4.78 is 0. The Balaban J connectivity index is 1.99. The fourth-order valence-corrected chi connectivity index (χ4v) is 2.22. The van der Waals surface area contributed by atoms with Crippen molar-refractivity contribution in [2.75, 3.05) is 25.0 Å². The minimum Gasteiger partial charge on any atom is -0.359 e. The number of anilines is 1. The van der Waals surface area contributed by atoms with Gasteiger partial charge in [0.05, 0.1) is 0 Å². The second-order valence-corrected chi connectivity index (χ2v) is 4.92. The number of aromatic nitrogens is 1. The molecule has 0 unspecified atom stereocenters. The third-order valence-electron chi connectivity index (χ3n) is 3.37. The smallest absolute Gasteiger partial charge is 0.132 e. The minimum atomic E-state index is 0.870. The van der Waals surface area contributed by atoms with E-state index in [1.54, 1.807) is 0 Å². The van der Waals surface area contributed by atoms with Crippen LogP contribution in [-0.4, -0.2) is 25.1 Å². The molecular weight excluding hydrogens is 246 g/mol. The summed E-state index contributed by atoms with van der Waals surface area (Å²) in [6.45, 7) is 4.94. The summed E-state index contributed by atoms with van der Waals surface area (Å²) in [5.74, 6) is 1.07. The van der Waals surface area contributed by atoms with Crippen LogP contribution in [0.5, 0.6) is 0 Å². The first kappa shape index (κ1) is 14.5. The molecule has 0 spiro atoms. The zero-order valence-corrected chi connectivity index (χ0v) is 12.3. The van der Waals surface area contributed by atoms with E-state index < -0.39 is 0 Å². The van der Waals surface area contributed by atoms with E-state index in [2.05, 4.69) is 65.6 Å². The molecule has 0 fully saturated rings. The molecule has 0 radical (unpaired) electrons. The molecule has 0 aliphatic heterocycles. The molecule has 1 heterocycles. The highest BCUT2D eigenvalue weighted by Crippen LogP contribution is 2.16. The van der Waals surface area contributed by atoms with E-state index in [1.165, 1.54) is 11.1 Å². The van der Waals surface area contributed by atoms with Gasteiger partial charge in [-0.15, -0.1) is 0 Å². The fourth-order valence-electron chi connectivity index (χ4n) is 2.22. The molecule has 0 saturated carbocycles. The van der Waals surface area contributed by atoms with Gasteiger partial charge in [0.2, 0.25) is 0 Å². The molecule has 3 heteroatoms. The summed E-state index contributed by atoms with van der Waals surface area (Å²) in [7, 11) is 2.11. The molecule has 0 saturated heterocycles. The average molecular weight is 269 g/mol. The Hall–Kier alpha value is -1.87. The standard InChI is InChI=1S/C17H23N3/c1-3-18-14-16-10-7-12-19-17(16)20(2)13-11-15-8-5-4-6-9-15/h4-10,12,18H,3,11,13-14H2,1-2H3. The highest BCUT2D eigenvalue weighted by Gasteiger charge is 2.08.